The second kappa shape index (κ2) is 7.54. The van der Waals surface area contributed by atoms with Crippen LogP contribution in [0, 0.1) is 6.92 Å². The molecule has 1 amide bonds. The lowest BCUT2D eigenvalue weighted by molar-refractivity contribution is -0.116. The van der Waals surface area contributed by atoms with Gasteiger partial charge < -0.3 is 20.1 Å². The molecule has 0 radical (unpaired) electrons. The van der Waals surface area contributed by atoms with Crippen molar-refractivity contribution in [1.29, 1.82) is 0 Å². The summed E-state index contributed by atoms with van der Waals surface area (Å²) >= 11 is 0. The van der Waals surface area contributed by atoms with Crippen LogP contribution in [0.3, 0.4) is 0 Å². The molecular weight excluding hydrogens is 292 g/mol. The standard InChI is InChI=1S/C18H22N2O3/c1-12-6-5-7-14(10-12)20-18(21)13(2)19-16-9-8-15(22-3)11-17(16)23-4/h5-11,13,19H,1-4H3,(H,20,21). The number of anilines is 2. The van der Waals surface area contributed by atoms with Gasteiger partial charge in [0.05, 0.1) is 19.9 Å². The van der Waals surface area contributed by atoms with Gasteiger partial charge in [-0.2, -0.15) is 0 Å². The highest BCUT2D eigenvalue weighted by Crippen LogP contribution is 2.29. The largest absolute Gasteiger partial charge is 0.497 e. The van der Waals surface area contributed by atoms with E-state index in [2.05, 4.69) is 10.6 Å². The molecule has 23 heavy (non-hydrogen) atoms. The van der Waals surface area contributed by atoms with Crippen LogP contribution in [0.1, 0.15) is 12.5 Å². The number of aryl methyl sites for hydroxylation is 1. The first-order chi connectivity index (χ1) is 11.0. The average Bonchev–Trinajstić information content (AvgIpc) is 2.55. The highest BCUT2D eigenvalue weighted by molar-refractivity contribution is 5.96. The maximum Gasteiger partial charge on any atom is 0.246 e. The molecule has 1 atom stereocenters. The van der Waals surface area contributed by atoms with Crippen molar-refractivity contribution in [1.82, 2.24) is 0 Å². The van der Waals surface area contributed by atoms with E-state index in [0.717, 1.165) is 16.9 Å². The number of carbonyl (C=O) groups is 1. The van der Waals surface area contributed by atoms with E-state index in [9.17, 15) is 4.79 Å². The zero-order chi connectivity index (χ0) is 16.8. The van der Waals surface area contributed by atoms with Crippen LogP contribution < -0.4 is 20.1 Å². The zero-order valence-electron chi connectivity index (χ0n) is 13.8. The van der Waals surface area contributed by atoms with Crippen molar-refractivity contribution < 1.29 is 14.3 Å². The van der Waals surface area contributed by atoms with Crippen LogP contribution in [0.4, 0.5) is 11.4 Å². The van der Waals surface area contributed by atoms with Crippen molar-refractivity contribution in [3.8, 4) is 11.5 Å². The Balaban J connectivity index is 2.06. The number of nitrogens with one attached hydrogen (secondary N) is 2. The van der Waals surface area contributed by atoms with E-state index < -0.39 is 6.04 Å². The Bertz CT molecular complexity index is 686. The van der Waals surface area contributed by atoms with E-state index in [1.165, 1.54) is 0 Å². The van der Waals surface area contributed by atoms with Crippen molar-refractivity contribution in [2.75, 3.05) is 24.9 Å². The van der Waals surface area contributed by atoms with Crippen LogP contribution in [-0.4, -0.2) is 26.2 Å². The van der Waals surface area contributed by atoms with Crippen molar-refractivity contribution in [2.24, 2.45) is 0 Å². The number of hydrogen-bond donors (Lipinski definition) is 2. The van der Waals surface area contributed by atoms with Crippen LogP contribution >= 0.6 is 0 Å². The third-order valence-corrected chi connectivity index (χ3v) is 3.46. The molecule has 0 aliphatic heterocycles. The summed E-state index contributed by atoms with van der Waals surface area (Å²) in [7, 11) is 3.18. The second-order valence-electron chi connectivity index (χ2n) is 5.29. The Kier molecular flexibility index (Phi) is 5.46. The molecule has 2 rings (SSSR count). The van der Waals surface area contributed by atoms with E-state index >= 15 is 0 Å². The molecule has 5 heteroatoms. The lowest BCUT2D eigenvalue weighted by Gasteiger charge is -2.18. The van der Waals surface area contributed by atoms with Crippen LogP contribution in [0.5, 0.6) is 11.5 Å². The molecular formula is C18H22N2O3. The van der Waals surface area contributed by atoms with Gasteiger partial charge in [-0.15, -0.1) is 0 Å². The molecule has 2 N–H and O–H groups in total. The number of rotatable bonds is 6. The lowest BCUT2D eigenvalue weighted by atomic mass is 10.2. The molecule has 2 aromatic carbocycles. The van der Waals surface area contributed by atoms with Crippen LogP contribution in [0.15, 0.2) is 42.5 Å². The van der Waals surface area contributed by atoms with E-state index in [1.54, 1.807) is 27.2 Å². The summed E-state index contributed by atoms with van der Waals surface area (Å²) in [6.45, 7) is 3.79. The maximum absolute atomic E-state index is 12.3. The molecule has 0 heterocycles. The summed E-state index contributed by atoms with van der Waals surface area (Å²) in [5.74, 6) is 1.21. The van der Waals surface area contributed by atoms with Crippen LogP contribution in [0.25, 0.3) is 0 Å². The second-order valence-corrected chi connectivity index (χ2v) is 5.29. The smallest absolute Gasteiger partial charge is 0.246 e. The van der Waals surface area contributed by atoms with Crippen molar-refractivity contribution in [2.45, 2.75) is 19.9 Å². The molecule has 5 nitrogen and oxygen atoms in total. The Labute approximate surface area is 136 Å². The highest BCUT2D eigenvalue weighted by atomic mass is 16.5. The minimum atomic E-state index is -0.419. The lowest BCUT2D eigenvalue weighted by Crippen LogP contribution is -2.32. The molecule has 1 unspecified atom stereocenters. The van der Waals surface area contributed by atoms with Gasteiger partial charge in [0, 0.05) is 11.8 Å². The molecule has 0 aliphatic rings. The molecule has 0 bridgehead atoms. The predicted molar refractivity (Wildman–Crippen MR) is 92.4 cm³/mol. The van der Waals surface area contributed by atoms with Gasteiger partial charge >= 0.3 is 0 Å². The average molecular weight is 314 g/mol. The fraction of sp³-hybridized carbons (Fsp3) is 0.278. The number of carbonyl (C=O) groups excluding carboxylic acids is 1. The van der Waals surface area contributed by atoms with Gasteiger partial charge in [-0.25, -0.2) is 0 Å². The third-order valence-electron chi connectivity index (χ3n) is 3.46. The van der Waals surface area contributed by atoms with Crippen molar-refractivity contribution in [3.05, 3.63) is 48.0 Å². The van der Waals surface area contributed by atoms with Crippen LogP contribution in [0.2, 0.25) is 0 Å². The number of benzene rings is 2. The quantitative estimate of drug-likeness (QED) is 0.857. The monoisotopic (exact) mass is 314 g/mol. The Hall–Kier alpha value is -2.69. The number of hydrogen-bond acceptors (Lipinski definition) is 4. The van der Waals surface area contributed by atoms with E-state index in [-0.39, 0.29) is 5.91 Å². The number of ether oxygens (including phenoxy) is 2. The molecule has 0 saturated heterocycles. The Morgan fingerprint density at radius 2 is 1.87 bits per heavy atom. The van der Waals surface area contributed by atoms with E-state index in [0.29, 0.717) is 11.5 Å². The minimum absolute atomic E-state index is 0.117. The molecule has 0 spiro atoms. The topological polar surface area (TPSA) is 59.6 Å². The summed E-state index contributed by atoms with van der Waals surface area (Å²) in [5.41, 5.74) is 2.62. The Morgan fingerprint density at radius 1 is 1.09 bits per heavy atom. The van der Waals surface area contributed by atoms with Gasteiger partial charge in [0.25, 0.3) is 0 Å². The van der Waals surface area contributed by atoms with Crippen molar-refractivity contribution in [3.63, 3.8) is 0 Å². The summed E-state index contributed by atoms with van der Waals surface area (Å²) in [4.78, 5) is 12.3. The normalized spacial score (nSPS) is 11.5. The van der Waals surface area contributed by atoms with Gasteiger partial charge in [0.2, 0.25) is 5.91 Å². The predicted octanol–water partition coefficient (Wildman–Crippen LogP) is 3.45. The summed E-state index contributed by atoms with van der Waals surface area (Å²) in [6, 6.07) is 12.7. The molecule has 122 valence electrons. The minimum Gasteiger partial charge on any atom is -0.497 e. The Morgan fingerprint density at radius 3 is 2.52 bits per heavy atom. The first-order valence-electron chi connectivity index (χ1n) is 7.39. The number of methoxy groups -OCH3 is 2. The van der Waals surface area contributed by atoms with Crippen LogP contribution in [-0.2, 0) is 4.79 Å². The van der Waals surface area contributed by atoms with E-state index in [4.69, 9.17) is 9.47 Å². The number of amides is 1. The van der Waals surface area contributed by atoms with E-state index in [1.807, 2.05) is 43.3 Å². The fourth-order valence-electron chi connectivity index (χ4n) is 2.19. The van der Waals surface area contributed by atoms with Gasteiger partial charge in [0.15, 0.2) is 0 Å². The first-order valence-corrected chi connectivity index (χ1v) is 7.39. The summed E-state index contributed by atoms with van der Waals surface area (Å²) < 4.78 is 10.5. The molecule has 0 fully saturated rings. The van der Waals surface area contributed by atoms with Gasteiger partial charge in [-0.1, -0.05) is 12.1 Å². The summed E-state index contributed by atoms with van der Waals surface area (Å²) in [5, 5.41) is 6.05. The molecule has 2 aromatic rings. The summed E-state index contributed by atoms with van der Waals surface area (Å²) in [6.07, 6.45) is 0. The van der Waals surface area contributed by atoms with Gasteiger partial charge in [0.1, 0.15) is 17.5 Å². The van der Waals surface area contributed by atoms with Crippen molar-refractivity contribution >= 4 is 17.3 Å². The van der Waals surface area contributed by atoms with Gasteiger partial charge in [-0.3, -0.25) is 4.79 Å². The fourth-order valence-corrected chi connectivity index (χ4v) is 2.19. The molecule has 0 saturated carbocycles. The highest BCUT2D eigenvalue weighted by Gasteiger charge is 2.15. The SMILES string of the molecule is COc1ccc(NC(C)C(=O)Nc2cccc(C)c2)c(OC)c1. The third kappa shape index (κ3) is 4.39. The maximum atomic E-state index is 12.3. The molecule has 0 aliphatic carbocycles. The van der Waals surface area contributed by atoms with Gasteiger partial charge in [-0.05, 0) is 43.7 Å². The molecule has 0 aromatic heterocycles. The first kappa shape index (κ1) is 16.7. The zero-order valence-corrected chi connectivity index (χ0v) is 13.8.